The number of ether oxygens (including phenoxy) is 1. The summed E-state index contributed by atoms with van der Waals surface area (Å²) < 4.78 is 32.1. The van der Waals surface area contributed by atoms with E-state index >= 15 is 0 Å². The molecule has 0 saturated heterocycles. The largest absolute Gasteiger partial charge is 0.494 e. The molecule has 2 aromatic rings. The maximum atomic E-state index is 13.5. The van der Waals surface area contributed by atoms with Crippen molar-refractivity contribution in [3.8, 4) is 5.75 Å². The minimum absolute atomic E-state index is 0.0619. The topological polar surface area (TPSA) is 34.1 Å². The van der Waals surface area contributed by atoms with Gasteiger partial charge in [-0.2, -0.15) is 0 Å². The van der Waals surface area contributed by atoms with Crippen molar-refractivity contribution in [1.82, 2.24) is 4.98 Å². The molecule has 0 atom stereocenters. The molecular formula is C12H9BrF2N2O. The first-order chi connectivity index (χ1) is 8.60. The van der Waals surface area contributed by atoms with Gasteiger partial charge in [0.1, 0.15) is 0 Å². The second-order valence-electron chi connectivity index (χ2n) is 3.46. The predicted molar refractivity (Wildman–Crippen MR) is 68.1 cm³/mol. The Balaban J connectivity index is 2.28. The van der Waals surface area contributed by atoms with E-state index in [1.165, 1.54) is 37.6 Å². The molecule has 0 saturated carbocycles. The normalized spacial score (nSPS) is 10.2. The zero-order valence-corrected chi connectivity index (χ0v) is 11.0. The first-order valence-corrected chi connectivity index (χ1v) is 5.81. The van der Waals surface area contributed by atoms with Crippen molar-refractivity contribution in [2.75, 3.05) is 12.4 Å². The Morgan fingerprint density at radius 3 is 2.67 bits per heavy atom. The molecule has 6 heteroatoms. The van der Waals surface area contributed by atoms with E-state index < -0.39 is 11.6 Å². The van der Waals surface area contributed by atoms with Crippen LogP contribution in [0.1, 0.15) is 0 Å². The molecule has 94 valence electrons. The van der Waals surface area contributed by atoms with E-state index in [0.29, 0.717) is 10.2 Å². The van der Waals surface area contributed by atoms with Crippen molar-refractivity contribution in [3.05, 3.63) is 46.6 Å². The summed E-state index contributed by atoms with van der Waals surface area (Å²) in [5.74, 6) is -0.843. The van der Waals surface area contributed by atoms with Crippen LogP contribution in [0.4, 0.5) is 20.3 Å². The fraction of sp³-hybridized carbons (Fsp3) is 0.0833. The summed E-state index contributed by atoms with van der Waals surface area (Å²) in [6, 6.07) is 5.42. The molecule has 0 radical (unpaired) electrons. The molecule has 0 amide bonds. The van der Waals surface area contributed by atoms with Crippen LogP contribution in [0.15, 0.2) is 34.9 Å². The molecule has 0 fully saturated rings. The predicted octanol–water partition coefficient (Wildman–Crippen LogP) is 3.87. The van der Waals surface area contributed by atoms with Gasteiger partial charge in [0.25, 0.3) is 0 Å². The lowest BCUT2D eigenvalue weighted by molar-refractivity contribution is 0.387. The third-order valence-electron chi connectivity index (χ3n) is 2.22. The van der Waals surface area contributed by atoms with Gasteiger partial charge in [0.15, 0.2) is 23.2 Å². The highest BCUT2D eigenvalue weighted by molar-refractivity contribution is 9.10. The van der Waals surface area contributed by atoms with Crippen LogP contribution in [-0.4, -0.2) is 12.1 Å². The minimum Gasteiger partial charge on any atom is -0.494 e. The molecule has 0 spiro atoms. The highest BCUT2D eigenvalue weighted by Gasteiger charge is 2.07. The Hall–Kier alpha value is -1.69. The lowest BCUT2D eigenvalue weighted by Crippen LogP contribution is -1.98. The monoisotopic (exact) mass is 314 g/mol. The standard InChI is InChI=1S/C12H9BrF2N2O/c1-18-11-5-8(2-3-9(11)14)17-12-10(15)4-7(13)6-16-12/h2-6H,1H3,(H,16,17). The number of aromatic nitrogens is 1. The number of hydrogen-bond donors (Lipinski definition) is 1. The molecule has 3 nitrogen and oxygen atoms in total. The average Bonchev–Trinajstić information content (AvgIpc) is 2.35. The highest BCUT2D eigenvalue weighted by Crippen LogP contribution is 2.25. The maximum Gasteiger partial charge on any atom is 0.166 e. The zero-order chi connectivity index (χ0) is 13.1. The van der Waals surface area contributed by atoms with Gasteiger partial charge in [-0.25, -0.2) is 13.8 Å². The van der Waals surface area contributed by atoms with Crippen molar-refractivity contribution in [2.45, 2.75) is 0 Å². The van der Waals surface area contributed by atoms with Gasteiger partial charge >= 0.3 is 0 Å². The number of halogens is 3. The van der Waals surface area contributed by atoms with Crippen molar-refractivity contribution in [3.63, 3.8) is 0 Å². The maximum absolute atomic E-state index is 13.5. The zero-order valence-electron chi connectivity index (χ0n) is 9.38. The van der Waals surface area contributed by atoms with Crippen LogP contribution < -0.4 is 10.1 Å². The van der Waals surface area contributed by atoms with E-state index in [4.69, 9.17) is 4.74 Å². The second kappa shape index (κ2) is 5.30. The molecule has 1 aromatic carbocycles. The van der Waals surface area contributed by atoms with E-state index in [2.05, 4.69) is 26.2 Å². The molecule has 18 heavy (non-hydrogen) atoms. The van der Waals surface area contributed by atoms with Gasteiger partial charge in [0.2, 0.25) is 0 Å². The number of rotatable bonds is 3. The number of methoxy groups -OCH3 is 1. The number of pyridine rings is 1. The Labute approximate surface area is 111 Å². The summed E-state index contributed by atoms with van der Waals surface area (Å²) in [4.78, 5) is 3.88. The van der Waals surface area contributed by atoms with Crippen molar-refractivity contribution in [1.29, 1.82) is 0 Å². The van der Waals surface area contributed by atoms with E-state index in [9.17, 15) is 8.78 Å². The SMILES string of the molecule is COc1cc(Nc2ncc(Br)cc2F)ccc1F. The third kappa shape index (κ3) is 2.76. The summed E-state index contributed by atoms with van der Waals surface area (Å²) in [6.07, 6.45) is 1.46. The number of nitrogens with zero attached hydrogens (tertiary/aromatic N) is 1. The Morgan fingerprint density at radius 1 is 1.22 bits per heavy atom. The molecule has 1 N–H and O–H groups in total. The van der Waals surface area contributed by atoms with Gasteiger partial charge in [0, 0.05) is 22.4 Å². The first-order valence-electron chi connectivity index (χ1n) is 5.02. The Bertz CT molecular complexity index is 578. The first kappa shape index (κ1) is 12.8. The van der Waals surface area contributed by atoms with Gasteiger partial charge in [-0.3, -0.25) is 0 Å². The van der Waals surface area contributed by atoms with Crippen LogP contribution in [0.2, 0.25) is 0 Å². The van der Waals surface area contributed by atoms with Crippen LogP contribution in [0, 0.1) is 11.6 Å². The summed E-state index contributed by atoms with van der Waals surface area (Å²) in [7, 11) is 1.36. The molecule has 0 aliphatic carbocycles. The molecule has 0 unspecified atom stereocenters. The number of nitrogens with one attached hydrogen (secondary N) is 1. The van der Waals surface area contributed by atoms with Gasteiger partial charge < -0.3 is 10.1 Å². The molecule has 2 rings (SSSR count). The lowest BCUT2D eigenvalue weighted by Gasteiger charge is -2.08. The number of hydrogen-bond acceptors (Lipinski definition) is 3. The van der Waals surface area contributed by atoms with E-state index in [1.807, 2.05) is 0 Å². The highest BCUT2D eigenvalue weighted by atomic mass is 79.9. The fourth-order valence-corrected chi connectivity index (χ4v) is 1.68. The van der Waals surface area contributed by atoms with Gasteiger partial charge in [-0.15, -0.1) is 0 Å². The quantitative estimate of drug-likeness (QED) is 0.933. The van der Waals surface area contributed by atoms with Crippen molar-refractivity contribution < 1.29 is 13.5 Å². The fourth-order valence-electron chi connectivity index (χ4n) is 1.38. The summed E-state index contributed by atoms with van der Waals surface area (Å²) >= 11 is 3.11. The minimum atomic E-state index is -0.507. The summed E-state index contributed by atoms with van der Waals surface area (Å²) in [6.45, 7) is 0. The average molecular weight is 315 g/mol. The lowest BCUT2D eigenvalue weighted by atomic mass is 10.3. The Kier molecular flexibility index (Phi) is 3.76. The van der Waals surface area contributed by atoms with Crippen LogP contribution >= 0.6 is 15.9 Å². The molecule has 0 aliphatic rings. The molecular weight excluding hydrogens is 306 g/mol. The smallest absolute Gasteiger partial charge is 0.166 e. The second-order valence-corrected chi connectivity index (χ2v) is 4.37. The van der Waals surface area contributed by atoms with Gasteiger partial charge in [-0.05, 0) is 34.1 Å². The van der Waals surface area contributed by atoms with Crippen LogP contribution in [-0.2, 0) is 0 Å². The number of anilines is 2. The van der Waals surface area contributed by atoms with E-state index in [0.717, 1.165) is 0 Å². The van der Waals surface area contributed by atoms with Crippen molar-refractivity contribution in [2.24, 2.45) is 0 Å². The van der Waals surface area contributed by atoms with Crippen molar-refractivity contribution >= 4 is 27.4 Å². The molecule has 0 bridgehead atoms. The molecule has 1 heterocycles. The molecule has 1 aromatic heterocycles. The third-order valence-corrected chi connectivity index (χ3v) is 2.66. The van der Waals surface area contributed by atoms with Gasteiger partial charge in [0.05, 0.1) is 7.11 Å². The number of benzene rings is 1. The van der Waals surface area contributed by atoms with E-state index in [1.54, 1.807) is 0 Å². The van der Waals surface area contributed by atoms with E-state index in [-0.39, 0.29) is 11.6 Å². The molecule has 0 aliphatic heterocycles. The summed E-state index contributed by atoms with van der Waals surface area (Å²) in [5.41, 5.74) is 0.488. The van der Waals surface area contributed by atoms with Crippen LogP contribution in [0.3, 0.4) is 0 Å². The Morgan fingerprint density at radius 2 is 2.00 bits per heavy atom. The summed E-state index contributed by atoms with van der Waals surface area (Å²) in [5, 5.41) is 2.75. The van der Waals surface area contributed by atoms with Crippen LogP contribution in [0.5, 0.6) is 5.75 Å². The van der Waals surface area contributed by atoms with Gasteiger partial charge in [-0.1, -0.05) is 0 Å². The van der Waals surface area contributed by atoms with Crippen LogP contribution in [0.25, 0.3) is 0 Å².